The van der Waals surface area contributed by atoms with Crippen molar-refractivity contribution in [3.05, 3.63) is 29.6 Å². The molecule has 3 heteroatoms. The zero-order chi connectivity index (χ0) is 11.4. The number of hydrogen-bond donors (Lipinski definition) is 1. The highest BCUT2D eigenvalue weighted by atomic mass is 19.1. The Labute approximate surface area is 96.2 Å². The van der Waals surface area contributed by atoms with Crippen molar-refractivity contribution in [1.82, 2.24) is 4.90 Å². The van der Waals surface area contributed by atoms with Crippen molar-refractivity contribution < 1.29 is 4.39 Å². The molecule has 16 heavy (non-hydrogen) atoms. The molecule has 1 aromatic rings. The molecule has 0 radical (unpaired) electrons. The number of hydrogen-bond acceptors (Lipinski definition) is 2. The zero-order valence-corrected chi connectivity index (χ0v) is 9.58. The van der Waals surface area contributed by atoms with Crippen LogP contribution in [0.2, 0.25) is 0 Å². The van der Waals surface area contributed by atoms with Crippen LogP contribution in [0.3, 0.4) is 0 Å². The molecule has 2 nitrogen and oxygen atoms in total. The largest absolute Gasteiger partial charge is 0.398 e. The fourth-order valence-corrected chi connectivity index (χ4v) is 2.26. The summed E-state index contributed by atoms with van der Waals surface area (Å²) in [7, 11) is 0. The van der Waals surface area contributed by atoms with Crippen LogP contribution in [-0.2, 0) is 6.42 Å². The van der Waals surface area contributed by atoms with E-state index in [0.29, 0.717) is 5.69 Å². The Hall–Kier alpha value is -1.09. The second-order valence-corrected chi connectivity index (χ2v) is 4.50. The van der Waals surface area contributed by atoms with Crippen LogP contribution >= 0.6 is 0 Å². The molecular formula is C13H19FN2. The lowest BCUT2D eigenvalue weighted by Crippen LogP contribution is -2.31. The monoisotopic (exact) mass is 222 g/mol. The Morgan fingerprint density at radius 2 is 1.94 bits per heavy atom. The van der Waals surface area contributed by atoms with Crippen LogP contribution in [0, 0.1) is 5.82 Å². The Morgan fingerprint density at radius 1 is 1.19 bits per heavy atom. The lowest BCUT2D eigenvalue weighted by molar-refractivity contribution is 0.231. The molecule has 1 fully saturated rings. The van der Waals surface area contributed by atoms with Gasteiger partial charge in [0.15, 0.2) is 0 Å². The number of nitrogens with zero attached hydrogens (tertiary/aromatic N) is 1. The summed E-state index contributed by atoms with van der Waals surface area (Å²) < 4.78 is 12.9. The molecule has 0 unspecified atom stereocenters. The van der Waals surface area contributed by atoms with Gasteiger partial charge in [-0.05, 0) is 50.0 Å². The van der Waals surface area contributed by atoms with Crippen molar-refractivity contribution in [2.45, 2.75) is 25.7 Å². The number of nitrogen functional groups attached to an aromatic ring is 1. The van der Waals surface area contributed by atoms with E-state index in [1.54, 1.807) is 6.07 Å². The molecule has 1 heterocycles. The lowest BCUT2D eigenvalue weighted by atomic mass is 10.1. The maximum absolute atomic E-state index is 12.9. The molecule has 0 atom stereocenters. The average Bonchev–Trinajstić information content (AvgIpc) is 2.29. The van der Waals surface area contributed by atoms with Gasteiger partial charge in [0.25, 0.3) is 0 Å². The summed E-state index contributed by atoms with van der Waals surface area (Å²) in [6.07, 6.45) is 4.89. The quantitative estimate of drug-likeness (QED) is 0.796. The van der Waals surface area contributed by atoms with E-state index >= 15 is 0 Å². The van der Waals surface area contributed by atoms with E-state index in [-0.39, 0.29) is 5.82 Å². The zero-order valence-electron chi connectivity index (χ0n) is 9.58. The Morgan fingerprint density at radius 3 is 2.62 bits per heavy atom. The van der Waals surface area contributed by atoms with Gasteiger partial charge in [-0.25, -0.2) is 4.39 Å². The SMILES string of the molecule is Nc1cc(F)ccc1CCN1CCCCC1. The summed E-state index contributed by atoms with van der Waals surface area (Å²) in [4.78, 5) is 2.46. The number of piperidine rings is 1. The van der Waals surface area contributed by atoms with Gasteiger partial charge in [-0.3, -0.25) is 0 Å². The van der Waals surface area contributed by atoms with Crippen molar-refractivity contribution in [3.63, 3.8) is 0 Å². The first-order chi connectivity index (χ1) is 7.75. The van der Waals surface area contributed by atoms with E-state index < -0.39 is 0 Å². The van der Waals surface area contributed by atoms with Crippen molar-refractivity contribution in [3.8, 4) is 0 Å². The van der Waals surface area contributed by atoms with E-state index in [9.17, 15) is 4.39 Å². The minimum absolute atomic E-state index is 0.251. The highest BCUT2D eigenvalue weighted by Gasteiger charge is 2.10. The summed E-state index contributed by atoms with van der Waals surface area (Å²) in [6.45, 7) is 3.43. The van der Waals surface area contributed by atoms with E-state index in [1.165, 1.54) is 44.5 Å². The van der Waals surface area contributed by atoms with Gasteiger partial charge >= 0.3 is 0 Å². The fourth-order valence-electron chi connectivity index (χ4n) is 2.26. The van der Waals surface area contributed by atoms with Gasteiger partial charge in [0.05, 0.1) is 0 Å². The van der Waals surface area contributed by atoms with Crippen LogP contribution in [-0.4, -0.2) is 24.5 Å². The predicted molar refractivity (Wildman–Crippen MR) is 64.8 cm³/mol. The van der Waals surface area contributed by atoms with E-state index in [1.807, 2.05) is 0 Å². The number of rotatable bonds is 3. The first-order valence-electron chi connectivity index (χ1n) is 6.02. The average molecular weight is 222 g/mol. The molecule has 0 aromatic heterocycles. The molecule has 1 aliphatic heterocycles. The molecule has 0 saturated carbocycles. The maximum Gasteiger partial charge on any atom is 0.125 e. The molecule has 1 aromatic carbocycles. The first kappa shape index (κ1) is 11.4. The molecule has 2 rings (SSSR count). The molecule has 88 valence electrons. The Kier molecular flexibility index (Phi) is 3.78. The third-order valence-electron chi connectivity index (χ3n) is 3.25. The van der Waals surface area contributed by atoms with E-state index in [2.05, 4.69) is 4.90 Å². The summed E-state index contributed by atoms with van der Waals surface area (Å²) in [6, 6.07) is 4.70. The number of benzene rings is 1. The Bertz CT molecular complexity index is 346. The van der Waals surface area contributed by atoms with Crippen LogP contribution in [0.5, 0.6) is 0 Å². The minimum atomic E-state index is -0.251. The first-order valence-corrected chi connectivity index (χ1v) is 6.02. The van der Waals surface area contributed by atoms with Crippen LogP contribution in [0.25, 0.3) is 0 Å². The standard InChI is InChI=1S/C13H19FN2/c14-12-5-4-11(13(15)10-12)6-9-16-7-2-1-3-8-16/h4-5,10H,1-3,6-9,15H2. The van der Waals surface area contributed by atoms with Crippen LogP contribution in [0.1, 0.15) is 24.8 Å². The van der Waals surface area contributed by atoms with Gasteiger partial charge < -0.3 is 10.6 Å². The minimum Gasteiger partial charge on any atom is -0.398 e. The van der Waals surface area contributed by atoms with Crippen molar-refractivity contribution in [1.29, 1.82) is 0 Å². The second kappa shape index (κ2) is 5.30. The molecule has 1 saturated heterocycles. The lowest BCUT2D eigenvalue weighted by Gasteiger charge is -2.26. The maximum atomic E-state index is 12.9. The smallest absolute Gasteiger partial charge is 0.125 e. The highest BCUT2D eigenvalue weighted by molar-refractivity contribution is 5.46. The molecule has 0 bridgehead atoms. The van der Waals surface area contributed by atoms with Gasteiger partial charge in [-0.1, -0.05) is 12.5 Å². The van der Waals surface area contributed by atoms with Crippen molar-refractivity contribution in [2.75, 3.05) is 25.4 Å². The highest BCUT2D eigenvalue weighted by Crippen LogP contribution is 2.15. The number of nitrogens with two attached hydrogens (primary N) is 1. The third kappa shape index (κ3) is 2.95. The van der Waals surface area contributed by atoms with Gasteiger partial charge in [-0.15, -0.1) is 0 Å². The third-order valence-corrected chi connectivity index (χ3v) is 3.25. The molecular weight excluding hydrogens is 203 g/mol. The second-order valence-electron chi connectivity index (χ2n) is 4.50. The van der Waals surface area contributed by atoms with Gasteiger partial charge in [0.1, 0.15) is 5.82 Å². The molecule has 1 aliphatic rings. The van der Waals surface area contributed by atoms with Crippen molar-refractivity contribution in [2.24, 2.45) is 0 Å². The summed E-state index contributed by atoms with van der Waals surface area (Å²) in [5, 5.41) is 0. The fraction of sp³-hybridized carbons (Fsp3) is 0.538. The molecule has 2 N–H and O–H groups in total. The topological polar surface area (TPSA) is 29.3 Å². The molecule has 0 amide bonds. The number of halogens is 1. The predicted octanol–water partition coefficient (Wildman–Crippen LogP) is 2.44. The number of anilines is 1. The Balaban J connectivity index is 1.88. The molecule has 0 spiro atoms. The van der Waals surface area contributed by atoms with Crippen molar-refractivity contribution >= 4 is 5.69 Å². The van der Waals surface area contributed by atoms with Gasteiger partial charge in [0, 0.05) is 12.2 Å². The number of likely N-dealkylation sites (tertiary alicyclic amines) is 1. The molecule has 0 aliphatic carbocycles. The van der Waals surface area contributed by atoms with Crippen LogP contribution in [0.4, 0.5) is 10.1 Å². The van der Waals surface area contributed by atoms with E-state index in [0.717, 1.165) is 18.5 Å². The summed E-state index contributed by atoms with van der Waals surface area (Å²) in [5.74, 6) is -0.251. The van der Waals surface area contributed by atoms with Gasteiger partial charge in [-0.2, -0.15) is 0 Å². The summed E-state index contributed by atoms with van der Waals surface area (Å²) >= 11 is 0. The van der Waals surface area contributed by atoms with Gasteiger partial charge in [0.2, 0.25) is 0 Å². The van der Waals surface area contributed by atoms with Crippen LogP contribution < -0.4 is 5.73 Å². The van der Waals surface area contributed by atoms with E-state index in [4.69, 9.17) is 5.73 Å². The summed E-state index contributed by atoms with van der Waals surface area (Å²) in [5.41, 5.74) is 7.42. The van der Waals surface area contributed by atoms with Crippen LogP contribution in [0.15, 0.2) is 18.2 Å². The normalized spacial score (nSPS) is 17.6.